The number of hydrogen-bond donors (Lipinski definition) is 0. The Kier molecular flexibility index (Phi) is 10.5. The van der Waals surface area contributed by atoms with Crippen molar-refractivity contribution in [1.82, 2.24) is 13.7 Å². The van der Waals surface area contributed by atoms with Crippen LogP contribution >= 0.6 is 37.0 Å². The molecule has 0 aliphatic carbocycles. The van der Waals surface area contributed by atoms with E-state index in [0.29, 0.717) is 0 Å². The summed E-state index contributed by atoms with van der Waals surface area (Å²) in [4.78, 5) is 4.11. The Labute approximate surface area is 145 Å². The maximum absolute atomic E-state index is 4.33. The molecule has 2 rings (SSSR count). The molecular weight excluding hydrogens is 293 g/mol. The van der Waals surface area contributed by atoms with Crippen molar-refractivity contribution in [2.24, 2.45) is 0 Å². The number of nitrogens with zero attached hydrogens (tertiary/aromatic N) is 3. The van der Waals surface area contributed by atoms with Crippen molar-refractivity contribution in [3.8, 4) is 11.3 Å². The molecule has 1 radical (unpaired) electrons. The molecule has 0 unspecified atom stereocenters. The van der Waals surface area contributed by atoms with E-state index in [1.54, 1.807) is 18.0 Å². The van der Waals surface area contributed by atoms with Gasteiger partial charge in [-0.05, 0) is 24.3 Å². The third-order valence-corrected chi connectivity index (χ3v) is 3.82. The van der Waals surface area contributed by atoms with Gasteiger partial charge in [-0.15, -0.1) is 11.8 Å². The van der Waals surface area contributed by atoms with Crippen LogP contribution in [0.25, 0.3) is 11.3 Å². The van der Waals surface area contributed by atoms with E-state index in [1.807, 2.05) is 18.3 Å². The van der Waals surface area contributed by atoms with Gasteiger partial charge in [0, 0.05) is 47.5 Å². The van der Waals surface area contributed by atoms with Gasteiger partial charge in [0.15, 0.2) is 0 Å². The van der Waals surface area contributed by atoms with Gasteiger partial charge in [-0.3, -0.25) is 4.98 Å². The molecule has 2 aromatic rings. The second-order valence-electron chi connectivity index (χ2n) is 3.36. The number of rotatable bonds is 5. The van der Waals surface area contributed by atoms with Crippen LogP contribution in [-0.2, 0) is 0 Å². The first-order valence-electron chi connectivity index (χ1n) is 5.27. The van der Waals surface area contributed by atoms with E-state index in [4.69, 9.17) is 0 Å². The molecule has 0 saturated carbocycles. The summed E-state index contributed by atoms with van der Waals surface area (Å²) in [6, 6.07) is 3.95. The fraction of sp³-hybridized carbons (Fsp3) is 0.364. The molecule has 0 aliphatic heterocycles. The second kappa shape index (κ2) is 10.2. The Morgan fingerprint density at radius 3 is 2.83 bits per heavy atom. The topological polar surface area (TPSA) is 38.7 Å². The van der Waals surface area contributed by atoms with E-state index in [9.17, 15) is 0 Å². The number of pyridine rings is 1. The van der Waals surface area contributed by atoms with Gasteiger partial charge < -0.3 is 0 Å². The average molecular weight is 308 g/mol. The number of thioether (sulfide) groups is 1. The van der Waals surface area contributed by atoms with Crippen LogP contribution in [0.3, 0.4) is 0 Å². The molecule has 0 saturated heterocycles. The largest absolute Gasteiger partial charge is 0.264 e. The van der Waals surface area contributed by atoms with E-state index < -0.39 is 0 Å². The summed E-state index contributed by atoms with van der Waals surface area (Å²) >= 11 is 3.05. The summed E-state index contributed by atoms with van der Waals surface area (Å²) in [5.41, 5.74) is 2.02. The smallest absolute Gasteiger partial charge is 0.138 e. The predicted molar refractivity (Wildman–Crippen MR) is 84.9 cm³/mol. The molecule has 2 aromatic heterocycles. The standard InChI is InChI=1S/C11H13N3S2.Na.H2S/c1-2-3-7-15-11-10(13-16-14-11)9-5-4-6-12-8-9;;/h4-6,8H,2-3,7H2,1H3;;1H2. The fourth-order valence-corrected chi connectivity index (χ4v) is 3.04. The average Bonchev–Trinajstić information content (AvgIpc) is 2.79. The zero-order valence-electron chi connectivity index (χ0n) is 10.6. The summed E-state index contributed by atoms with van der Waals surface area (Å²) in [6.45, 7) is 2.20. The van der Waals surface area contributed by atoms with Crippen molar-refractivity contribution in [2.75, 3.05) is 5.75 Å². The van der Waals surface area contributed by atoms with Gasteiger partial charge in [-0.2, -0.15) is 22.2 Å². The van der Waals surface area contributed by atoms with Crippen LogP contribution in [0.5, 0.6) is 0 Å². The maximum atomic E-state index is 4.33. The zero-order valence-corrected chi connectivity index (χ0v) is 15.2. The molecule has 0 atom stereocenters. The molecule has 0 spiro atoms. The Hall–Kier alpha value is 0.410. The number of hydrogen-bond acceptors (Lipinski definition) is 5. The third-order valence-electron chi connectivity index (χ3n) is 2.13. The molecular formula is C11H15N3NaS3. The Bertz CT molecular complexity index is 436. The molecule has 2 heterocycles. The molecule has 0 bridgehead atoms. The minimum atomic E-state index is 0. The van der Waals surface area contributed by atoms with Crippen LogP contribution in [0.4, 0.5) is 0 Å². The van der Waals surface area contributed by atoms with Crippen LogP contribution in [0, 0.1) is 0 Å². The van der Waals surface area contributed by atoms with Gasteiger partial charge in [-0.1, -0.05) is 13.3 Å². The van der Waals surface area contributed by atoms with Crippen LogP contribution in [0.15, 0.2) is 29.6 Å². The van der Waals surface area contributed by atoms with Crippen molar-refractivity contribution >= 4 is 66.5 Å². The molecule has 7 heteroatoms. The molecule has 0 fully saturated rings. The minimum absolute atomic E-state index is 0. The summed E-state index contributed by atoms with van der Waals surface area (Å²) in [5, 5.41) is 1.03. The second-order valence-corrected chi connectivity index (χ2v) is 4.97. The van der Waals surface area contributed by atoms with Gasteiger partial charge in [0.1, 0.15) is 10.7 Å². The van der Waals surface area contributed by atoms with E-state index in [0.717, 1.165) is 22.0 Å². The molecule has 0 N–H and O–H groups in total. The zero-order chi connectivity index (χ0) is 11.2. The van der Waals surface area contributed by atoms with Gasteiger partial charge in [0.2, 0.25) is 0 Å². The van der Waals surface area contributed by atoms with Crippen molar-refractivity contribution in [1.29, 1.82) is 0 Å². The van der Waals surface area contributed by atoms with E-state index >= 15 is 0 Å². The number of unbranched alkanes of at least 4 members (excludes halogenated alkanes) is 1. The summed E-state index contributed by atoms with van der Waals surface area (Å²) in [6.07, 6.45) is 6.04. The van der Waals surface area contributed by atoms with E-state index in [2.05, 4.69) is 20.7 Å². The molecule has 3 nitrogen and oxygen atoms in total. The Balaban J connectivity index is 0.00000144. The van der Waals surface area contributed by atoms with Crippen LogP contribution in [0.1, 0.15) is 19.8 Å². The van der Waals surface area contributed by atoms with Gasteiger partial charge in [0.25, 0.3) is 0 Å². The predicted octanol–water partition coefficient (Wildman–Crippen LogP) is 3.22. The first kappa shape index (κ1) is 18.4. The minimum Gasteiger partial charge on any atom is -0.264 e. The van der Waals surface area contributed by atoms with Crippen LogP contribution < -0.4 is 0 Å². The summed E-state index contributed by atoms with van der Waals surface area (Å²) in [7, 11) is 0. The number of aromatic nitrogens is 3. The van der Waals surface area contributed by atoms with Gasteiger partial charge in [0.05, 0.1) is 11.7 Å². The Morgan fingerprint density at radius 2 is 2.17 bits per heavy atom. The van der Waals surface area contributed by atoms with E-state index in [1.165, 1.54) is 24.6 Å². The first-order chi connectivity index (χ1) is 7.92. The Morgan fingerprint density at radius 1 is 1.33 bits per heavy atom. The molecule has 18 heavy (non-hydrogen) atoms. The fourth-order valence-electron chi connectivity index (χ4n) is 1.27. The van der Waals surface area contributed by atoms with Crippen molar-refractivity contribution in [3.05, 3.63) is 24.5 Å². The molecule has 0 amide bonds. The molecule has 93 valence electrons. The summed E-state index contributed by atoms with van der Waals surface area (Å²) in [5.74, 6) is 1.11. The third kappa shape index (κ3) is 5.19. The molecule has 0 aliphatic rings. The van der Waals surface area contributed by atoms with E-state index in [-0.39, 0.29) is 43.1 Å². The normalized spacial score (nSPS) is 9.39. The quantitative estimate of drug-likeness (QED) is 0.483. The van der Waals surface area contributed by atoms with Crippen LogP contribution in [0.2, 0.25) is 0 Å². The monoisotopic (exact) mass is 308 g/mol. The van der Waals surface area contributed by atoms with Crippen LogP contribution in [-0.4, -0.2) is 49.0 Å². The summed E-state index contributed by atoms with van der Waals surface area (Å²) < 4.78 is 8.67. The van der Waals surface area contributed by atoms with Gasteiger partial charge in [-0.25, -0.2) is 0 Å². The first-order valence-corrected chi connectivity index (χ1v) is 6.99. The molecule has 0 aromatic carbocycles. The van der Waals surface area contributed by atoms with Gasteiger partial charge >= 0.3 is 0 Å². The SMILES string of the molecule is CCCCSc1nsnc1-c1cccnc1.S.[Na]. The van der Waals surface area contributed by atoms with Crippen molar-refractivity contribution in [3.63, 3.8) is 0 Å². The van der Waals surface area contributed by atoms with Crippen molar-refractivity contribution in [2.45, 2.75) is 24.8 Å². The van der Waals surface area contributed by atoms with Crippen molar-refractivity contribution < 1.29 is 0 Å². The maximum Gasteiger partial charge on any atom is 0.138 e.